The number of rotatable bonds is 3. The van der Waals surface area contributed by atoms with Crippen LogP contribution in [0.2, 0.25) is 0 Å². The van der Waals surface area contributed by atoms with Crippen molar-refractivity contribution in [1.82, 2.24) is 9.55 Å². The van der Waals surface area contributed by atoms with E-state index < -0.39 is 0 Å². The van der Waals surface area contributed by atoms with Gasteiger partial charge >= 0.3 is 0 Å². The van der Waals surface area contributed by atoms with E-state index in [-0.39, 0.29) is 11.7 Å². The first-order chi connectivity index (χ1) is 8.70. The van der Waals surface area contributed by atoms with E-state index in [2.05, 4.69) is 4.98 Å². The van der Waals surface area contributed by atoms with Crippen LogP contribution in [0.4, 0.5) is 0 Å². The van der Waals surface area contributed by atoms with Crippen molar-refractivity contribution in [3.05, 3.63) is 48.6 Å². The number of nitrogens with zero attached hydrogens (tertiary/aromatic N) is 2. The number of ether oxygens (including phenoxy) is 1. The normalized spacial score (nSPS) is 10.7. The van der Waals surface area contributed by atoms with Gasteiger partial charge in [0, 0.05) is 30.1 Å². The van der Waals surface area contributed by atoms with Crippen molar-refractivity contribution in [1.29, 1.82) is 0 Å². The van der Waals surface area contributed by atoms with E-state index in [1.54, 1.807) is 18.3 Å². The Morgan fingerprint density at radius 2 is 2.33 bits per heavy atom. The second-order valence-corrected chi connectivity index (χ2v) is 3.57. The first kappa shape index (κ1) is 11.9. The summed E-state index contributed by atoms with van der Waals surface area (Å²) in [6.07, 6.45) is 7.40. The number of phenolic OH excluding ortho intramolecular Hbond substituents is 1. The van der Waals surface area contributed by atoms with Gasteiger partial charge in [-0.3, -0.25) is 9.36 Å². The van der Waals surface area contributed by atoms with Crippen molar-refractivity contribution in [2.45, 2.75) is 0 Å². The minimum atomic E-state index is -0.234. The zero-order valence-electron chi connectivity index (χ0n) is 9.78. The molecule has 1 N–H and O–H groups in total. The molecule has 2 rings (SSSR count). The lowest BCUT2D eigenvalue weighted by Gasteiger charge is -2.02. The van der Waals surface area contributed by atoms with Gasteiger partial charge in [0.1, 0.15) is 17.8 Å². The van der Waals surface area contributed by atoms with Crippen molar-refractivity contribution in [2.75, 3.05) is 7.11 Å². The van der Waals surface area contributed by atoms with E-state index in [0.717, 1.165) is 0 Å². The number of carbonyl (C=O) groups is 1. The lowest BCUT2D eigenvalue weighted by Crippen LogP contribution is -2.03. The third-order valence-electron chi connectivity index (χ3n) is 2.40. The fourth-order valence-electron chi connectivity index (χ4n) is 1.43. The van der Waals surface area contributed by atoms with E-state index in [0.29, 0.717) is 11.3 Å². The zero-order valence-corrected chi connectivity index (χ0v) is 9.78. The number of hydrogen-bond acceptors (Lipinski definition) is 4. The minimum absolute atomic E-state index is 0.0593. The monoisotopic (exact) mass is 244 g/mol. The van der Waals surface area contributed by atoms with Gasteiger partial charge in [-0.15, -0.1) is 0 Å². The van der Waals surface area contributed by atoms with Crippen molar-refractivity contribution in [3.63, 3.8) is 0 Å². The Bertz CT molecular complexity index is 574. The maximum atomic E-state index is 11.6. The summed E-state index contributed by atoms with van der Waals surface area (Å²) >= 11 is 0. The number of imidazole rings is 1. The van der Waals surface area contributed by atoms with Crippen LogP contribution in [0.1, 0.15) is 10.4 Å². The van der Waals surface area contributed by atoms with E-state index >= 15 is 0 Å². The number of aromatic hydroxyl groups is 1. The Kier molecular flexibility index (Phi) is 3.43. The van der Waals surface area contributed by atoms with E-state index in [1.807, 2.05) is 0 Å². The Balaban J connectivity index is 2.16. The second kappa shape index (κ2) is 5.18. The van der Waals surface area contributed by atoms with E-state index in [1.165, 1.54) is 42.4 Å². The molecule has 1 heterocycles. The molecule has 1 aromatic heterocycles. The highest BCUT2D eigenvalue weighted by Gasteiger charge is 2.02. The van der Waals surface area contributed by atoms with Crippen LogP contribution in [0.15, 0.2) is 43.0 Å². The van der Waals surface area contributed by atoms with Gasteiger partial charge in [0.05, 0.1) is 7.11 Å². The van der Waals surface area contributed by atoms with Gasteiger partial charge < -0.3 is 9.84 Å². The summed E-state index contributed by atoms with van der Waals surface area (Å²) in [4.78, 5) is 15.4. The summed E-state index contributed by atoms with van der Waals surface area (Å²) in [5.74, 6) is 0.386. The van der Waals surface area contributed by atoms with Crippen LogP contribution in [0.25, 0.3) is 6.08 Å². The number of methoxy groups -OCH3 is 1. The van der Waals surface area contributed by atoms with Crippen LogP contribution < -0.4 is 4.74 Å². The average molecular weight is 244 g/mol. The molecule has 5 nitrogen and oxygen atoms in total. The van der Waals surface area contributed by atoms with Crippen LogP contribution in [-0.2, 0) is 0 Å². The molecule has 92 valence electrons. The number of hydrogen-bond donors (Lipinski definition) is 1. The Hall–Kier alpha value is -2.56. The van der Waals surface area contributed by atoms with E-state index in [9.17, 15) is 9.90 Å². The number of aromatic nitrogens is 2. The molecule has 0 atom stereocenters. The van der Waals surface area contributed by atoms with Gasteiger partial charge in [-0.05, 0) is 18.2 Å². The fraction of sp³-hybridized carbons (Fsp3) is 0.0769. The average Bonchev–Trinajstić information content (AvgIpc) is 2.90. The summed E-state index contributed by atoms with van der Waals surface area (Å²) in [7, 11) is 1.52. The molecule has 0 amide bonds. The first-order valence-electron chi connectivity index (χ1n) is 5.28. The molecule has 0 aliphatic rings. The van der Waals surface area contributed by atoms with Gasteiger partial charge in [0.2, 0.25) is 0 Å². The van der Waals surface area contributed by atoms with Crippen LogP contribution >= 0.6 is 0 Å². The Morgan fingerprint density at radius 3 is 2.94 bits per heavy atom. The highest BCUT2D eigenvalue weighted by atomic mass is 16.5. The van der Waals surface area contributed by atoms with Crippen LogP contribution in [0.3, 0.4) is 0 Å². The molecule has 18 heavy (non-hydrogen) atoms. The topological polar surface area (TPSA) is 64.4 Å². The van der Waals surface area contributed by atoms with Crippen molar-refractivity contribution in [3.8, 4) is 11.5 Å². The molecule has 0 radical (unpaired) electrons. The highest BCUT2D eigenvalue weighted by molar-refractivity contribution is 5.93. The van der Waals surface area contributed by atoms with Crippen molar-refractivity contribution in [2.24, 2.45) is 0 Å². The van der Waals surface area contributed by atoms with Crippen molar-refractivity contribution < 1.29 is 14.6 Å². The molecule has 0 aliphatic heterocycles. The Labute approximate surface area is 104 Å². The molecular formula is C13H12N2O3. The number of carbonyl (C=O) groups excluding carboxylic acids is 1. The third kappa shape index (κ3) is 2.57. The smallest absolute Gasteiger partial charge is 0.255 e. The summed E-state index contributed by atoms with van der Waals surface area (Å²) in [5.41, 5.74) is 0.546. The van der Waals surface area contributed by atoms with Crippen LogP contribution in [0, 0.1) is 0 Å². The quantitative estimate of drug-likeness (QED) is 0.838. The van der Waals surface area contributed by atoms with Gasteiger partial charge in [0.15, 0.2) is 0 Å². The molecule has 2 aromatic rings. The SMILES string of the molecule is COc1ccc(C=CC(=O)n2ccnc2)c(O)c1. The number of phenols is 1. The van der Waals surface area contributed by atoms with E-state index in [4.69, 9.17) is 4.74 Å². The molecule has 0 fully saturated rings. The maximum absolute atomic E-state index is 11.6. The van der Waals surface area contributed by atoms with Gasteiger partial charge in [0.25, 0.3) is 5.91 Å². The first-order valence-corrected chi connectivity index (χ1v) is 5.28. The molecule has 0 saturated heterocycles. The summed E-state index contributed by atoms with van der Waals surface area (Å²) in [5, 5.41) is 9.70. The molecule has 0 bridgehead atoms. The molecule has 0 unspecified atom stereocenters. The molecule has 0 saturated carbocycles. The fourth-order valence-corrected chi connectivity index (χ4v) is 1.43. The van der Waals surface area contributed by atoms with Gasteiger partial charge in [-0.2, -0.15) is 0 Å². The minimum Gasteiger partial charge on any atom is -0.507 e. The lowest BCUT2D eigenvalue weighted by atomic mass is 10.2. The van der Waals surface area contributed by atoms with Gasteiger partial charge in [-0.1, -0.05) is 0 Å². The van der Waals surface area contributed by atoms with Crippen molar-refractivity contribution >= 4 is 12.0 Å². The number of allylic oxidation sites excluding steroid dienone is 1. The molecule has 5 heteroatoms. The maximum Gasteiger partial charge on any atom is 0.255 e. The molecule has 1 aromatic carbocycles. The standard InChI is InChI=1S/C13H12N2O3/c1-18-11-4-2-10(12(16)8-11)3-5-13(17)15-7-6-14-9-15/h2-9,16H,1H3. The number of benzene rings is 1. The molecule has 0 spiro atoms. The lowest BCUT2D eigenvalue weighted by molar-refractivity contribution is 0.0969. The second-order valence-electron chi connectivity index (χ2n) is 3.57. The molecule has 0 aliphatic carbocycles. The van der Waals surface area contributed by atoms with Crippen LogP contribution in [-0.4, -0.2) is 27.7 Å². The molecular weight excluding hydrogens is 232 g/mol. The predicted octanol–water partition coefficient (Wildman–Crippen LogP) is 1.95. The summed E-state index contributed by atoms with van der Waals surface area (Å²) in [6, 6.07) is 4.87. The zero-order chi connectivity index (χ0) is 13.0. The van der Waals surface area contributed by atoms with Gasteiger partial charge in [-0.25, -0.2) is 4.98 Å². The largest absolute Gasteiger partial charge is 0.507 e. The Morgan fingerprint density at radius 1 is 1.50 bits per heavy atom. The van der Waals surface area contributed by atoms with Crippen LogP contribution in [0.5, 0.6) is 11.5 Å². The summed E-state index contributed by atoms with van der Waals surface area (Å²) < 4.78 is 6.32. The summed E-state index contributed by atoms with van der Waals surface area (Å²) in [6.45, 7) is 0. The highest BCUT2D eigenvalue weighted by Crippen LogP contribution is 2.24. The predicted molar refractivity (Wildman–Crippen MR) is 66.5 cm³/mol. The third-order valence-corrected chi connectivity index (χ3v) is 2.40.